The summed E-state index contributed by atoms with van der Waals surface area (Å²) >= 11 is 1.86. The second-order valence-electron chi connectivity index (χ2n) is 19.8. The van der Waals surface area contributed by atoms with E-state index in [-0.39, 0.29) is 0 Å². The van der Waals surface area contributed by atoms with E-state index in [1.165, 1.54) is 146 Å². The van der Waals surface area contributed by atoms with Crippen molar-refractivity contribution in [3.05, 3.63) is 193 Å². The Labute approximate surface area is 406 Å². The molecule has 0 amide bonds. The van der Waals surface area contributed by atoms with Crippen molar-refractivity contribution in [1.29, 1.82) is 0 Å². The molecular weight excluding hydrogens is 857 g/mol. The summed E-state index contributed by atoms with van der Waals surface area (Å²) in [6, 6.07) is 65.5. The van der Waals surface area contributed by atoms with Crippen molar-refractivity contribution in [3.63, 3.8) is 0 Å². The lowest BCUT2D eigenvalue weighted by Crippen LogP contribution is -2.05. The summed E-state index contributed by atoms with van der Waals surface area (Å²) in [5, 5.41) is 7.72. The van der Waals surface area contributed by atoms with Gasteiger partial charge in [-0.3, -0.25) is 0 Å². The van der Waals surface area contributed by atoms with Crippen molar-refractivity contribution in [2.75, 3.05) is 0 Å². The van der Waals surface area contributed by atoms with E-state index in [0.717, 1.165) is 38.7 Å². The van der Waals surface area contributed by atoms with Crippen molar-refractivity contribution >= 4 is 75.3 Å². The van der Waals surface area contributed by atoms with Gasteiger partial charge in [-0.2, -0.15) is 0 Å². The number of hydrogen-bond donors (Lipinski definition) is 0. The zero-order valence-electron chi connectivity index (χ0n) is 38.7. The first kappa shape index (κ1) is 40.7. The largest absolute Gasteiger partial charge is 0.309 e. The number of aromatic nitrogens is 4. The van der Waals surface area contributed by atoms with Crippen LogP contribution in [0.15, 0.2) is 182 Å². The van der Waals surface area contributed by atoms with Crippen LogP contribution < -0.4 is 0 Å². The highest BCUT2D eigenvalue weighted by Gasteiger charge is 2.24. The lowest BCUT2D eigenvalue weighted by atomic mass is 9.82. The number of para-hydroxylation sites is 4. The van der Waals surface area contributed by atoms with Crippen LogP contribution in [0.4, 0.5) is 0 Å². The molecule has 2 aliphatic carbocycles. The molecule has 0 radical (unpaired) electrons. The van der Waals surface area contributed by atoms with Gasteiger partial charge in [0.15, 0.2) is 0 Å². The van der Waals surface area contributed by atoms with Gasteiger partial charge in [0.2, 0.25) is 0 Å². The molecule has 4 nitrogen and oxygen atoms in total. The number of pyridine rings is 2. The van der Waals surface area contributed by atoms with Crippen molar-refractivity contribution in [3.8, 4) is 45.0 Å². The highest BCUT2D eigenvalue weighted by molar-refractivity contribution is 7.26. The maximum atomic E-state index is 5.66. The lowest BCUT2D eigenvalue weighted by molar-refractivity contribution is 0.443. The van der Waals surface area contributed by atoms with Crippen LogP contribution in [-0.2, 0) is 0 Å². The third kappa shape index (κ3) is 6.92. The van der Waals surface area contributed by atoms with Gasteiger partial charge in [0.25, 0.3) is 0 Å². The van der Waals surface area contributed by atoms with Gasteiger partial charge in [0.05, 0.1) is 33.5 Å². The molecule has 2 aliphatic rings. The van der Waals surface area contributed by atoms with Gasteiger partial charge in [-0.1, -0.05) is 136 Å². The molecule has 5 heterocycles. The molecule has 5 aromatic heterocycles. The number of benzene rings is 7. The molecule has 334 valence electrons. The van der Waals surface area contributed by atoms with Crippen LogP contribution in [0.2, 0.25) is 0 Å². The minimum Gasteiger partial charge on any atom is -0.309 e. The monoisotopic (exact) mass is 908 g/mol. The van der Waals surface area contributed by atoms with Crippen molar-refractivity contribution in [1.82, 2.24) is 19.1 Å². The Morgan fingerprint density at radius 3 is 1.36 bits per heavy atom. The summed E-state index contributed by atoms with van der Waals surface area (Å²) in [5.41, 5.74) is 16.5. The van der Waals surface area contributed by atoms with Crippen molar-refractivity contribution in [2.45, 2.75) is 76.0 Å². The minimum absolute atomic E-state index is 0.554. The van der Waals surface area contributed by atoms with E-state index >= 15 is 0 Å². The van der Waals surface area contributed by atoms with E-state index < -0.39 is 0 Å². The molecule has 2 fully saturated rings. The molecule has 0 unspecified atom stereocenters. The van der Waals surface area contributed by atoms with Crippen LogP contribution in [0.25, 0.3) is 109 Å². The van der Waals surface area contributed by atoms with Gasteiger partial charge in [-0.05, 0) is 133 Å². The minimum atomic E-state index is 0.554. The maximum absolute atomic E-state index is 5.66. The highest BCUT2D eigenvalue weighted by atomic mass is 32.1. The molecule has 69 heavy (non-hydrogen) atoms. The average molecular weight is 909 g/mol. The summed E-state index contributed by atoms with van der Waals surface area (Å²) in [5.74, 6) is 1.16. The van der Waals surface area contributed by atoms with Crippen molar-refractivity contribution < 1.29 is 0 Å². The summed E-state index contributed by atoms with van der Waals surface area (Å²) in [6.07, 6.45) is 15.1. The van der Waals surface area contributed by atoms with Gasteiger partial charge in [-0.25, -0.2) is 9.97 Å². The Kier molecular flexibility index (Phi) is 9.86. The van der Waals surface area contributed by atoms with E-state index in [0.29, 0.717) is 11.8 Å². The van der Waals surface area contributed by atoms with Gasteiger partial charge in [0, 0.05) is 71.3 Å². The fraction of sp³-hybridized carbons (Fsp3) is 0.188. The fourth-order valence-corrected chi connectivity index (χ4v) is 13.5. The van der Waals surface area contributed by atoms with E-state index in [1.807, 2.05) is 11.3 Å². The summed E-state index contributed by atoms with van der Waals surface area (Å²) < 4.78 is 6.15. The quantitative estimate of drug-likeness (QED) is 0.160. The molecule has 0 atom stereocenters. The first-order valence-corrected chi connectivity index (χ1v) is 26.1. The van der Waals surface area contributed by atoms with E-state index in [1.54, 1.807) is 0 Å². The normalized spacial score (nSPS) is 15.1. The molecule has 14 rings (SSSR count). The second kappa shape index (κ2) is 16.7. The van der Waals surface area contributed by atoms with Crippen LogP contribution in [0.3, 0.4) is 0 Å². The van der Waals surface area contributed by atoms with Gasteiger partial charge >= 0.3 is 0 Å². The first-order valence-electron chi connectivity index (χ1n) is 25.3. The SMILES string of the molecule is c1cc(-c2cc(-c3cc(C4CCCCC4)cc4c3sc3ncc(C5CCCCC5)cc34)cc(-c3cccc(-n4c5ccccc5c5ccccc54)c3)n2)cc(-n2c3ccccc3c3ccccc32)c1. The zero-order valence-corrected chi connectivity index (χ0v) is 39.6. The van der Waals surface area contributed by atoms with Crippen LogP contribution in [0.1, 0.15) is 87.2 Å². The maximum Gasteiger partial charge on any atom is 0.124 e. The molecule has 0 N–H and O–H groups in total. The van der Waals surface area contributed by atoms with Crippen LogP contribution in [-0.4, -0.2) is 19.1 Å². The molecule has 2 saturated carbocycles. The highest BCUT2D eigenvalue weighted by Crippen LogP contribution is 2.46. The van der Waals surface area contributed by atoms with Gasteiger partial charge in [0.1, 0.15) is 4.83 Å². The Hall–Kier alpha value is -7.34. The predicted octanol–water partition coefficient (Wildman–Crippen LogP) is 18.1. The van der Waals surface area contributed by atoms with E-state index in [4.69, 9.17) is 9.97 Å². The van der Waals surface area contributed by atoms with Gasteiger partial charge in [-0.15, -0.1) is 11.3 Å². The molecule has 0 aliphatic heterocycles. The fourth-order valence-electron chi connectivity index (χ4n) is 12.3. The number of nitrogens with zero attached hydrogens (tertiary/aromatic N) is 4. The number of fused-ring (bicyclic) bond motifs is 9. The predicted molar refractivity (Wildman–Crippen MR) is 292 cm³/mol. The van der Waals surface area contributed by atoms with Crippen LogP contribution >= 0.6 is 11.3 Å². The molecule has 5 heteroatoms. The number of rotatable bonds is 7. The molecule has 7 aromatic carbocycles. The summed E-state index contributed by atoms with van der Waals surface area (Å²) in [6.45, 7) is 0. The molecule has 0 bridgehead atoms. The second-order valence-corrected chi connectivity index (χ2v) is 20.8. The topological polar surface area (TPSA) is 35.6 Å². The summed E-state index contributed by atoms with van der Waals surface area (Å²) in [7, 11) is 0. The molecule has 0 saturated heterocycles. The Balaban J connectivity index is 0.996. The van der Waals surface area contributed by atoms with Crippen LogP contribution in [0.5, 0.6) is 0 Å². The average Bonchev–Trinajstić information content (AvgIpc) is 4.09. The summed E-state index contributed by atoms with van der Waals surface area (Å²) in [4.78, 5) is 12.1. The third-order valence-electron chi connectivity index (χ3n) is 15.7. The Morgan fingerprint density at radius 2 is 0.855 bits per heavy atom. The lowest BCUT2D eigenvalue weighted by Gasteiger charge is -2.23. The number of thiophene rings is 1. The third-order valence-corrected chi connectivity index (χ3v) is 16.9. The zero-order chi connectivity index (χ0) is 45.4. The first-order chi connectivity index (χ1) is 34.2. The van der Waals surface area contributed by atoms with E-state index in [9.17, 15) is 0 Å². The smallest absolute Gasteiger partial charge is 0.124 e. The van der Waals surface area contributed by atoms with Crippen LogP contribution in [0, 0.1) is 0 Å². The molecule has 12 aromatic rings. The molecular formula is C64H52N4S. The standard InChI is InChI=1S/C64H52N4S/c1-3-17-41(18-4-1)45-35-54(63-55(36-45)56-37-47(40-65-64(56)69-63)42-19-5-2-6-20-42)46-38-57(43-21-15-23-48(33-43)67-59-29-11-7-25-50(59)51-26-8-12-30-60(51)67)66-58(39-46)44-22-16-24-49(34-44)68-61-31-13-9-27-52(61)53-28-10-14-32-62(53)68/h7-16,21-42H,1-6,17-20H2. The number of hydrogen-bond acceptors (Lipinski definition) is 3. The van der Waals surface area contributed by atoms with E-state index in [2.05, 4.69) is 191 Å². The van der Waals surface area contributed by atoms with Gasteiger partial charge < -0.3 is 9.13 Å². The Morgan fingerprint density at radius 1 is 0.391 bits per heavy atom. The molecule has 0 spiro atoms. The Bertz CT molecular complexity index is 3670. The van der Waals surface area contributed by atoms with Crippen molar-refractivity contribution in [2.24, 2.45) is 0 Å².